The minimum Gasteiger partial charge on any atom is -0.392 e. The average molecular weight is 276 g/mol. The van der Waals surface area contributed by atoms with Gasteiger partial charge in [0.05, 0.1) is 6.10 Å². The molecule has 20 heavy (non-hydrogen) atoms. The zero-order valence-electron chi connectivity index (χ0n) is 12.5. The summed E-state index contributed by atoms with van der Waals surface area (Å²) in [5.41, 5.74) is 0.713. The maximum Gasteiger partial charge on any atom is 0.123 e. The van der Waals surface area contributed by atoms with Crippen molar-refractivity contribution in [2.75, 3.05) is 0 Å². The Bertz CT molecular complexity index is 465. The summed E-state index contributed by atoms with van der Waals surface area (Å²) in [6.45, 7) is 4.14. The lowest BCUT2D eigenvalue weighted by molar-refractivity contribution is 0.0637. The van der Waals surface area contributed by atoms with Gasteiger partial charge in [-0.05, 0) is 61.1 Å². The second kappa shape index (κ2) is 5.14. The SMILES string of the molecule is CC(C)(c1ccc(F)cc1)C(O)CC1CC2CCC1C2. The van der Waals surface area contributed by atoms with Gasteiger partial charge in [-0.25, -0.2) is 4.39 Å². The maximum atomic E-state index is 13.0. The number of hydrogen-bond donors (Lipinski definition) is 1. The van der Waals surface area contributed by atoms with E-state index in [-0.39, 0.29) is 17.3 Å². The first-order valence-corrected chi connectivity index (χ1v) is 7.91. The zero-order valence-corrected chi connectivity index (χ0v) is 12.5. The Morgan fingerprint density at radius 1 is 1.20 bits per heavy atom. The number of benzene rings is 1. The molecule has 1 aromatic rings. The van der Waals surface area contributed by atoms with E-state index in [9.17, 15) is 9.50 Å². The Labute approximate surface area is 121 Å². The fraction of sp³-hybridized carbons (Fsp3) is 0.667. The molecule has 2 aliphatic rings. The number of aliphatic hydroxyl groups excluding tert-OH is 1. The highest BCUT2D eigenvalue weighted by atomic mass is 19.1. The van der Waals surface area contributed by atoms with E-state index in [1.165, 1.54) is 37.8 Å². The zero-order chi connectivity index (χ0) is 14.3. The van der Waals surface area contributed by atoms with Crippen LogP contribution in [0.25, 0.3) is 0 Å². The lowest BCUT2D eigenvalue weighted by atomic mass is 9.73. The van der Waals surface area contributed by atoms with Crippen molar-refractivity contribution in [2.24, 2.45) is 17.8 Å². The largest absolute Gasteiger partial charge is 0.392 e. The summed E-state index contributed by atoms with van der Waals surface area (Å²) >= 11 is 0. The van der Waals surface area contributed by atoms with Crippen molar-refractivity contribution >= 4 is 0 Å². The van der Waals surface area contributed by atoms with Gasteiger partial charge in [0.25, 0.3) is 0 Å². The van der Waals surface area contributed by atoms with E-state index in [0.29, 0.717) is 5.92 Å². The van der Waals surface area contributed by atoms with Crippen LogP contribution in [-0.4, -0.2) is 11.2 Å². The molecule has 2 heteroatoms. The summed E-state index contributed by atoms with van der Waals surface area (Å²) in [5, 5.41) is 10.7. The van der Waals surface area contributed by atoms with E-state index < -0.39 is 0 Å². The van der Waals surface area contributed by atoms with Gasteiger partial charge in [-0.1, -0.05) is 32.4 Å². The predicted molar refractivity (Wildman–Crippen MR) is 79.0 cm³/mol. The first-order valence-electron chi connectivity index (χ1n) is 7.91. The predicted octanol–water partition coefficient (Wildman–Crippen LogP) is 4.29. The second-order valence-electron chi connectivity index (χ2n) is 7.42. The molecule has 2 fully saturated rings. The minimum atomic E-state index is -0.350. The Morgan fingerprint density at radius 2 is 1.90 bits per heavy atom. The Hall–Kier alpha value is -0.890. The molecule has 1 nitrogen and oxygen atoms in total. The first kappa shape index (κ1) is 14.1. The number of halogens is 1. The summed E-state index contributed by atoms with van der Waals surface area (Å²) in [6, 6.07) is 6.58. The van der Waals surface area contributed by atoms with E-state index >= 15 is 0 Å². The van der Waals surface area contributed by atoms with Crippen molar-refractivity contribution in [3.05, 3.63) is 35.6 Å². The second-order valence-corrected chi connectivity index (χ2v) is 7.42. The summed E-state index contributed by atoms with van der Waals surface area (Å²) in [6.07, 6.45) is 6.00. The van der Waals surface area contributed by atoms with E-state index in [2.05, 4.69) is 13.8 Å². The van der Waals surface area contributed by atoms with Crippen molar-refractivity contribution in [1.82, 2.24) is 0 Å². The van der Waals surface area contributed by atoms with Crippen molar-refractivity contribution in [1.29, 1.82) is 0 Å². The fourth-order valence-electron chi connectivity index (χ4n) is 4.32. The van der Waals surface area contributed by atoms with Gasteiger partial charge in [0, 0.05) is 5.41 Å². The topological polar surface area (TPSA) is 20.2 Å². The summed E-state index contributed by atoms with van der Waals surface area (Å²) < 4.78 is 13.0. The van der Waals surface area contributed by atoms with Gasteiger partial charge in [0.1, 0.15) is 5.82 Å². The van der Waals surface area contributed by atoms with E-state index in [4.69, 9.17) is 0 Å². The van der Waals surface area contributed by atoms with Crippen LogP contribution in [-0.2, 0) is 5.41 Å². The molecule has 1 N–H and O–H groups in total. The molecule has 3 rings (SSSR count). The molecule has 4 atom stereocenters. The van der Waals surface area contributed by atoms with Gasteiger partial charge < -0.3 is 5.11 Å². The molecule has 2 aliphatic carbocycles. The van der Waals surface area contributed by atoms with Crippen LogP contribution in [0.2, 0.25) is 0 Å². The average Bonchev–Trinajstić information content (AvgIpc) is 3.01. The normalized spacial score (nSPS) is 30.7. The molecule has 0 aromatic heterocycles. The van der Waals surface area contributed by atoms with Crippen LogP contribution in [0.5, 0.6) is 0 Å². The Kier molecular flexibility index (Phi) is 3.62. The van der Waals surface area contributed by atoms with E-state index in [1.807, 2.05) is 0 Å². The Morgan fingerprint density at radius 3 is 2.45 bits per heavy atom. The van der Waals surface area contributed by atoms with E-state index in [0.717, 1.165) is 23.8 Å². The van der Waals surface area contributed by atoms with Crippen molar-refractivity contribution in [2.45, 2.75) is 57.5 Å². The number of hydrogen-bond acceptors (Lipinski definition) is 1. The lowest BCUT2D eigenvalue weighted by Gasteiger charge is -2.34. The molecule has 0 heterocycles. The fourth-order valence-corrected chi connectivity index (χ4v) is 4.32. The van der Waals surface area contributed by atoms with Crippen molar-refractivity contribution < 1.29 is 9.50 Å². The van der Waals surface area contributed by atoms with Gasteiger partial charge in [-0.2, -0.15) is 0 Å². The molecular formula is C18H25FO. The highest BCUT2D eigenvalue weighted by Crippen LogP contribution is 2.50. The van der Waals surface area contributed by atoms with Crippen molar-refractivity contribution in [3.63, 3.8) is 0 Å². The monoisotopic (exact) mass is 276 g/mol. The van der Waals surface area contributed by atoms with Gasteiger partial charge in [-0.15, -0.1) is 0 Å². The third kappa shape index (κ3) is 2.50. The Balaban J connectivity index is 1.69. The van der Waals surface area contributed by atoms with Crippen LogP contribution in [0.3, 0.4) is 0 Å². The molecule has 4 unspecified atom stereocenters. The van der Waals surface area contributed by atoms with Crippen LogP contribution in [0.4, 0.5) is 4.39 Å². The van der Waals surface area contributed by atoms with Crippen LogP contribution in [0.1, 0.15) is 51.5 Å². The molecular weight excluding hydrogens is 251 g/mol. The molecule has 0 aliphatic heterocycles. The number of rotatable bonds is 4. The maximum absolute atomic E-state index is 13.0. The van der Waals surface area contributed by atoms with Crippen molar-refractivity contribution in [3.8, 4) is 0 Å². The molecule has 0 saturated heterocycles. The molecule has 0 radical (unpaired) electrons. The van der Waals surface area contributed by atoms with E-state index in [1.54, 1.807) is 12.1 Å². The van der Waals surface area contributed by atoms with Gasteiger partial charge in [-0.3, -0.25) is 0 Å². The van der Waals surface area contributed by atoms with Crippen LogP contribution in [0.15, 0.2) is 24.3 Å². The molecule has 0 amide bonds. The third-order valence-corrected chi connectivity index (χ3v) is 5.83. The molecule has 2 bridgehead atoms. The number of aliphatic hydroxyl groups is 1. The van der Waals surface area contributed by atoms with Gasteiger partial charge in [0.2, 0.25) is 0 Å². The molecule has 1 aromatic carbocycles. The third-order valence-electron chi connectivity index (χ3n) is 5.83. The first-order chi connectivity index (χ1) is 9.46. The molecule has 0 spiro atoms. The van der Waals surface area contributed by atoms with Crippen LogP contribution < -0.4 is 0 Å². The summed E-state index contributed by atoms with van der Waals surface area (Å²) in [4.78, 5) is 0. The van der Waals surface area contributed by atoms with Crippen LogP contribution >= 0.6 is 0 Å². The standard InChI is InChI=1S/C18H25FO/c1-18(2,15-5-7-16(19)8-6-15)17(20)11-14-10-12-3-4-13(14)9-12/h5-8,12-14,17,20H,3-4,9-11H2,1-2H3. The minimum absolute atomic E-state index is 0.216. The highest BCUT2D eigenvalue weighted by molar-refractivity contribution is 5.25. The highest BCUT2D eigenvalue weighted by Gasteiger charge is 2.42. The van der Waals surface area contributed by atoms with Gasteiger partial charge >= 0.3 is 0 Å². The smallest absolute Gasteiger partial charge is 0.123 e. The quantitative estimate of drug-likeness (QED) is 0.869. The molecule has 110 valence electrons. The molecule has 2 saturated carbocycles. The van der Waals surface area contributed by atoms with Gasteiger partial charge in [0.15, 0.2) is 0 Å². The number of fused-ring (bicyclic) bond motifs is 2. The summed E-state index contributed by atoms with van der Waals surface area (Å²) in [7, 11) is 0. The summed E-state index contributed by atoms with van der Waals surface area (Å²) in [5.74, 6) is 2.25. The lowest BCUT2D eigenvalue weighted by Crippen LogP contribution is -2.36. The van der Waals surface area contributed by atoms with Crippen LogP contribution in [0, 0.1) is 23.6 Å².